The standard InChI is InChI=1S/C8H11O2P/c1-4-8(2)5-6-11(9,7-8)10-3/h1,5-6H,7H2,2-3H3. The highest BCUT2D eigenvalue weighted by Gasteiger charge is 2.36. The van der Waals surface area contributed by atoms with E-state index in [0.29, 0.717) is 6.16 Å². The summed E-state index contributed by atoms with van der Waals surface area (Å²) in [4.78, 5) is 0. The van der Waals surface area contributed by atoms with Crippen molar-refractivity contribution in [1.29, 1.82) is 0 Å². The van der Waals surface area contributed by atoms with Crippen molar-refractivity contribution in [3.05, 3.63) is 11.9 Å². The number of allylic oxidation sites excluding steroid dienone is 1. The molecular weight excluding hydrogens is 159 g/mol. The molecule has 0 amide bonds. The maximum absolute atomic E-state index is 11.6. The lowest BCUT2D eigenvalue weighted by atomic mass is 9.96. The van der Waals surface area contributed by atoms with Crippen molar-refractivity contribution in [2.24, 2.45) is 5.41 Å². The Balaban J connectivity index is 2.88. The third-order valence-electron chi connectivity index (χ3n) is 1.86. The van der Waals surface area contributed by atoms with Gasteiger partial charge in [0.25, 0.3) is 0 Å². The number of hydrogen-bond acceptors (Lipinski definition) is 2. The van der Waals surface area contributed by atoms with Gasteiger partial charge in [0.1, 0.15) is 0 Å². The second-order valence-electron chi connectivity index (χ2n) is 2.94. The summed E-state index contributed by atoms with van der Waals surface area (Å²) in [6, 6.07) is 0. The van der Waals surface area contributed by atoms with Gasteiger partial charge in [-0.05, 0) is 12.7 Å². The summed E-state index contributed by atoms with van der Waals surface area (Å²) in [5.74, 6) is 4.19. The molecule has 0 aromatic heterocycles. The van der Waals surface area contributed by atoms with Crippen molar-refractivity contribution < 1.29 is 9.09 Å². The van der Waals surface area contributed by atoms with E-state index in [2.05, 4.69) is 5.92 Å². The molecule has 0 aromatic carbocycles. The van der Waals surface area contributed by atoms with E-state index < -0.39 is 7.37 Å². The molecule has 2 atom stereocenters. The van der Waals surface area contributed by atoms with Gasteiger partial charge in [-0.3, -0.25) is 4.57 Å². The van der Waals surface area contributed by atoms with E-state index in [9.17, 15) is 4.57 Å². The summed E-state index contributed by atoms with van der Waals surface area (Å²) >= 11 is 0. The summed E-state index contributed by atoms with van der Waals surface area (Å²) in [5, 5.41) is 0. The molecule has 60 valence electrons. The van der Waals surface area contributed by atoms with Crippen LogP contribution in [0, 0.1) is 17.8 Å². The molecule has 1 aliphatic heterocycles. The van der Waals surface area contributed by atoms with Gasteiger partial charge in [-0.15, -0.1) is 6.42 Å². The van der Waals surface area contributed by atoms with Crippen molar-refractivity contribution in [3.63, 3.8) is 0 Å². The van der Waals surface area contributed by atoms with Gasteiger partial charge in [0.15, 0.2) is 0 Å². The van der Waals surface area contributed by atoms with Crippen LogP contribution in [0.2, 0.25) is 0 Å². The Morgan fingerprint density at radius 2 is 2.45 bits per heavy atom. The van der Waals surface area contributed by atoms with Crippen LogP contribution in [-0.2, 0) is 9.09 Å². The molecule has 1 rings (SSSR count). The molecule has 0 saturated heterocycles. The average Bonchev–Trinajstić information content (AvgIpc) is 2.30. The molecule has 0 radical (unpaired) electrons. The first kappa shape index (κ1) is 8.59. The maximum Gasteiger partial charge on any atom is 0.226 e. The summed E-state index contributed by atoms with van der Waals surface area (Å²) in [6.45, 7) is 1.88. The van der Waals surface area contributed by atoms with Gasteiger partial charge in [0, 0.05) is 13.3 Å². The van der Waals surface area contributed by atoms with Crippen LogP contribution in [0.15, 0.2) is 11.9 Å². The molecule has 0 bridgehead atoms. The zero-order valence-corrected chi connectivity index (χ0v) is 7.60. The lowest BCUT2D eigenvalue weighted by Crippen LogP contribution is -2.10. The SMILES string of the molecule is C#CC1(C)C=CP(=O)(OC)C1. The molecule has 1 aliphatic rings. The number of hydrogen-bond donors (Lipinski definition) is 0. The van der Waals surface area contributed by atoms with Crippen LogP contribution < -0.4 is 0 Å². The van der Waals surface area contributed by atoms with E-state index >= 15 is 0 Å². The third-order valence-corrected chi connectivity index (χ3v) is 4.18. The molecule has 2 nitrogen and oxygen atoms in total. The first-order chi connectivity index (χ1) is 5.04. The van der Waals surface area contributed by atoms with E-state index in [1.54, 1.807) is 11.9 Å². The Bertz CT molecular complexity index is 274. The Morgan fingerprint density at radius 1 is 1.82 bits per heavy atom. The van der Waals surface area contributed by atoms with Crippen molar-refractivity contribution in [1.82, 2.24) is 0 Å². The average molecular weight is 170 g/mol. The largest absolute Gasteiger partial charge is 0.329 e. The monoisotopic (exact) mass is 170 g/mol. The second kappa shape index (κ2) is 2.52. The van der Waals surface area contributed by atoms with Gasteiger partial charge in [0.2, 0.25) is 7.37 Å². The highest BCUT2D eigenvalue weighted by molar-refractivity contribution is 7.62. The summed E-state index contributed by atoms with van der Waals surface area (Å²) in [6.07, 6.45) is 7.49. The minimum atomic E-state index is -2.51. The molecular formula is C8H11O2P. The quantitative estimate of drug-likeness (QED) is 0.445. The van der Waals surface area contributed by atoms with E-state index in [0.717, 1.165) is 0 Å². The second-order valence-corrected chi connectivity index (χ2v) is 5.38. The molecule has 11 heavy (non-hydrogen) atoms. The van der Waals surface area contributed by atoms with Gasteiger partial charge in [-0.2, -0.15) is 0 Å². The summed E-state index contributed by atoms with van der Waals surface area (Å²) < 4.78 is 16.4. The Morgan fingerprint density at radius 3 is 2.73 bits per heavy atom. The molecule has 0 aliphatic carbocycles. The smallest absolute Gasteiger partial charge is 0.226 e. The number of rotatable bonds is 1. The fourth-order valence-electron chi connectivity index (χ4n) is 1.06. The van der Waals surface area contributed by atoms with Gasteiger partial charge in [-0.1, -0.05) is 12.0 Å². The van der Waals surface area contributed by atoms with Crippen molar-refractivity contribution in [2.75, 3.05) is 13.3 Å². The van der Waals surface area contributed by atoms with E-state index in [-0.39, 0.29) is 5.41 Å². The zero-order chi connectivity index (χ0) is 8.54. The normalized spacial score (nSPS) is 42.3. The minimum absolute atomic E-state index is 0.370. The predicted molar refractivity (Wildman–Crippen MR) is 45.6 cm³/mol. The predicted octanol–water partition coefficient (Wildman–Crippen LogP) is 2.08. The molecule has 0 saturated carbocycles. The van der Waals surface area contributed by atoms with Gasteiger partial charge < -0.3 is 4.52 Å². The lowest BCUT2D eigenvalue weighted by molar-refractivity contribution is 0.398. The molecule has 0 N–H and O–H groups in total. The zero-order valence-electron chi connectivity index (χ0n) is 6.70. The topological polar surface area (TPSA) is 26.3 Å². The fourth-order valence-corrected chi connectivity index (χ4v) is 3.09. The van der Waals surface area contributed by atoms with Crippen LogP contribution in [0.3, 0.4) is 0 Å². The Labute approximate surface area is 67.1 Å². The first-order valence-electron chi connectivity index (χ1n) is 3.36. The fraction of sp³-hybridized carbons (Fsp3) is 0.500. The maximum atomic E-state index is 11.6. The summed E-state index contributed by atoms with van der Waals surface area (Å²) in [7, 11) is -1.06. The van der Waals surface area contributed by atoms with E-state index in [1.807, 2.05) is 6.92 Å². The summed E-state index contributed by atoms with van der Waals surface area (Å²) in [5.41, 5.74) is -0.370. The van der Waals surface area contributed by atoms with E-state index in [4.69, 9.17) is 10.9 Å². The number of terminal acetylenes is 1. The Hall–Kier alpha value is -0.510. The highest BCUT2D eigenvalue weighted by atomic mass is 31.2. The molecule has 1 heterocycles. The van der Waals surface area contributed by atoms with Crippen LogP contribution in [-0.4, -0.2) is 13.3 Å². The van der Waals surface area contributed by atoms with Crippen LogP contribution in [0.25, 0.3) is 0 Å². The van der Waals surface area contributed by atoms with Gasteiger partial charge >= 0.3 is 0 Å². The van der Waals surface area contributed by atoms with E-state index in [1.165, 1.54) is 7.11 Å². The van der Waals surface area contributed by atoms with Gasteiger partial charge in [-0.25, -0.2) is 0 Å². The van der Waals surface area contributed by atoms with Crippen molar-refractivity contribution in [2.45, 2.75) is 6.92 Å². The molecule has 0 fully saturated rings. The lowest BCUT2D eigenvalue weighted by Gasteiger charge is -2.14. The van der Waals surface area contributed by atoms with Crippen molar-refractivity contribution in [3.8, 4) is 12.3 Å². The highest BCUT2D eigenvalue weighted by Crippen LogP contribution is 2.57. The van der Waals surface area contributed by atoms with Gasteiger partial charge in [0.05, 0.1) is 5.41 Å². The van der Waals surface area contributed by atoms with Crippen LogP contribution in [0.5, 0.6) is 0 Å². The first-order valence-corrected chi connectivity index (χ1v) is 5.24. The Kier molecular flexibility index (Phi) is 1.96. The minimum Gasteiger partial charge on any atom is -0.329 e. The molecule has 0 aromatic rings. The third kappa shape index (κ3) is 1.56. The van der Waals surface area contributed by atoms with Crippen LogP contribution in [0.4, 0.5) is 0 Å². The van der Waals surface area contributed by atoms with Crippen LogP contribution in [0.1, 0.15) is 6.92 Å². The van der Waals surface area contributed by atoms with Crippen LogP contribution >= 0.6 is 7.37 Å². The molecule has 2 unspecified atom stereocenters. The van der Waals surface area contributed by atoms with Crippen molar-refractivity contribution >= 4 is 7.37 Å². The molecule has 0 spiro atoms. The molecule has 3 heteroatoms.